The largest absolute Gasteiger partial charge is 0.350 e. The SMILES string of the molecule is CCC(Cl)CNC(=O)c1snnc1C(C)(C)C. The second-order valence-electron chi connectivity index (χ2n) is 4.92. The molecule has 1 atom stereocenters. The molecule has 0 spiro atoms. The molecule has 6 heteroatoms. The highest BCUT2D eigenvalue weighted by atomic mass is 35.5. The van der Waals surface area contributed by atoms with Gasteiger partial charge in [-0.1, -0.05) is 32.2 Å². The standard InChI is InChI=1S/C11H18ClN3OS/c1-5-7(12)6-13-10(16)8-9(11(2,3)4)14-15-17-8/h7H,5-6H2,1-4H3,(H,13,16). The zero-order valence-electron chi connectivity index (χ0n) is 10.6. The predicted octanol–water partition coefficient (Wildman–Crippen LogP) is 2.58. The van der Waals surface area contributed by atoms with E-state index < -0.39 is 0 Å². The maximum atomic E-state index is 12.0. The molecule has 96 valence electrons. The Morgan fingerprint density at radius 1 is 1.53 bits per heavy atom. The van der Waals surface area contributed by atoms with Crippen LogP contribution >= 0.6 is 23.1 Å². The van der Waals surface area contributed by atoms with Gasteiger partial charge in [0, 0.05) is 12.0 Å². The first-order valence-corrected chi connectivity index (χ1v) is 6.82. The van der Waals surface area contributed by atoms with E-state index in [0.29, 0.717) is 11.4 Å². The molecule has 0 aliphatic carbocycles. The van der Waals surface area contributed by atoms with Gasteiger partial charge in [-0.25, -0.2) is 0 Å². The number of rotatable bonds is 4. The summed E-state index contributed by atoms with van der Waals surface area (Å²) in [5.41, 5.74) is 0.563. The fourth-order valence-corrected chi connectivity index (χ4v) is 2.13. The van der Waals surface area contributed by atoms with Crippen LogP contribution in [0, 0.1) is 0 Å². The van der Waals surface area contributed by atoms with Gasteiger partial charge in [-0.2, -0.15) is 0 Å². The number of carbonyl (C=O) groups excluding carboxylic acids is 1. The van der Waals surface area contributed by atoms with Crippen molar-refractivity contribution in [3.05, 3.63) is 10.6 Å². The summed E-state index contributed by atoms with van der Waals surface area (Å²) in [4.78, 5) is 12.5. The summed E-state index contributed by atoms with van der Waals surface area (Å²) in [5.74, 6) is -0.135. The van der Waals surface area contributed by atoms with Crippen LogP contribution in [0.4, 0.5) is 0 Å². The number of aromatic nitrogens is 2. The molecule has 1 aromatic heterocycles. The Hall–Kier alpha value is -0.680. The number of nitrogens with one attached hydrogen (secondary N) is 1. The van der Waals surface area contributed by atoms with Crippen LogP contribution in [0.15, 0.2) is 0 Å². The highest BCUT2D eigenvalue weighted by Gasteiger charge is 2.26. The summed E-state index contributed by atoms with van der Waals surface area (Å²) in [6.07, 6.45) is 0.828. The van der Waals surface area contributed by atoms with Crippen molar-refractivity contribution >= 4 is 29.0 Å². The summed E-state index contributed by atoms with van der Waals surface area (Å²) >= 11 is 7.09. The van der Waals surface area contributed by atoms with Crippen molar-refractivity contribution in [3.63, 3.8) is 0 Å². The summed E-state index contributed by atoms with van der Waals surface area (Å²) in [6.45, 7) is 8.49. The number of alkyl halides is 1. The van der Waals surface area contributed by atoms with Crippen molar-refractivity contribution in [2.24, 2.45) is 0 Å². The third-order valence-corrected chi connectivity index (χ3v) is 3.52. The third-order valence-electron chi connectivity index (χ3n) is 2.33. The molecule has 1 heterocycles. The van der Waals surface area contributed by atoms with E-state index in [1.165, 1.54) is 0 Å². The second kappa shape index (κ2) is 5.78. The monoisotopic (exact) mass is 275 g/mol. The maximum Gasteiger partial charge on any atom is 0.265 e. The maximum absolute atomic E-state index is 12.0. The zero-order valence-corrected chi connectivity index (χ0v) is 12.2. The molecular formula is C11H18ClN3OS. The Kier molecular flexibility index (Phi) is 4.89. The van der Waals surface area contributed by atoms with Crippen LogP contribution in [0.1, 0.15) is 49.5 Å². The zero-order chi connectivity index (χ0) is 13.1. The number of carbonyl (C=O) groups is 1. The Bertz CT molecular complexity index is 386. The van der Waals surface area contributed by atoms with Crippen molar-refractivity contribution in [1.82, 2.24) is 14.9 Å². The molecule has 1 unspecified atom stereocenters. The van der Waals surface area contributed by atoms with Crippen LogP contribution in [-0.2, 0) is 5.41 Å². The molecule has 4 nitrogen and oxygen atoms in total. The van der Waals surface area contributed by atoms with Crippen molar-refractivity contribution in [2.75, 3.05) is 6.54 Å². The minimum absolute atomic E-state index is 0.0297. The van der Waals surface area contributed by atoms with Gasteiger partial charge in [-0.3, -0.25) is 4.79 Å². The van der Waals surface area contributed by atoms with E-state index in [-0.39, 0.29) is 16.7 Å². The molecule has 1 aromatic rings. The van der Waals surface area contributed by atoms with Gasteiger partial charge < -0.3 is 5.32 Å². The average molecular weight is 276 g/mol. The average Bonchev–Trinajstić information content (AvgIpc) is 2.73. The molecule has 1 amide bonds. The number of nitrogens with zero attached hydrogens (tertiary/aromatic N) is 2. The minimum atomic E-state index is -0.176. The van der Waals surface area contributed by atoms with Crippen LogP contribution in [0.3, 0.4) is 0 Å². The van der Waals surface area contributed by atoms with Crippen LogP contribution in [0.5, 0.6) is 0 Å². The summed E-state index contributed by atoms with van der Waals surface area (Å²) in [7, 11) is 0. The quantitative estimate of drug-likeness (QED) is 0.860. The van der Waals surface area contributed by atoms with Crippen LogP contribution in [0.2, 0.25) is 0 Å². The van der Waals surface area contributed by atoms with Gasteiger partial charge in [-0.05, 0) is 18.0 Å². The molecule has 0 aliphatic heterocycles. The van der Waals surface area contributed by atoms with Crippen molar-refractivity contribution in [1.29, 1.82) is 0 Å². The first-order chi connectivity index (χ1) is 7.86. The molecule has 0 saturated heterocycles. The number of amides is 1. The van der Waals surface area contributed by atoms with Crippen LogP contribution < -0.4 is 5.32 Å². The molecule has 0 bridgehead atoms. The van der Waals surface area contributed by atoms with Crippen LogP contribution in [0.25, 0.3) is 0 Å². The van der Waals surface area contributed by atoms with Crippen molar-refractivity contribution < 1.29 is 4.79 Å². The van der Waals surface area contributed by atoms with Gasteiger partial charge >= 0.3 is 0 Å². The summed E-state index contributed by atoms with van der Waals surface area (Å²) < 4.78 is 3.85. The number of halogens is 1. The van der Waals surface area contributed by atoms with Gasteiger partial charge in [0.25, 0.3) is 5.91 Å². The fraction of sp³-hybridized carbons (Fsp3) is 0.727. The molecule has 1 rings (SSSR count). The van der Waals surface area contributed by atoms with Gasteiger partial charge in [0.15, 0.2) is 0 Å². The minimum Gasteiger partial charge on any atom is -0.350 e. The smallest absolute Gasteiger partial charge is 0.265 e. The van der Waals surface area contributed by atoms with E-state index in [1.807, 2.05) is 27.7 Å². The van der Waals surface area contributed by atoms with E-state index in [0.717, 1.165) is 23.6 Å². The van der Waals surface area contributed by atoms with Crippen molar-refractivity contribution in [2.45, 2.75) is 44.9 Å². The summed E-state index contributed by atoms with van der Waals surface area (Å²) in [5, 5.41) is 6.81. The van der Waals surface area contributed by atoms with Crippen molar-refractivity contribution in [3.8, 4) is 0 Å². The van der Waals surface area contributed by atoms with E-state index in [9.17, 15) is 4.79 Å². The molecule has 0 aliphatic rings. The predicted molar refractivity (Wildman–Crippen MR) is 70.9 cm³/mol. The molecule has 0 radical (unpaired) electrons. The lowest BCUT2D eigenvalue weighted by Gasteiger charge is -2.16. The molecule has 0 saturated carbocycles. The Morgan fingerprint density at radius 3 is 2.71 bits per heavy atom. The number of hydrogen-bond acceptors (Lipinski definition) is 4. The third kappa shape index (κ3) is 3.92. The Balaban J connectivity index is 2.73. The Labute approximate surface area is 111 Å². The summed E-state index contributed by atoms with van der Waals surface area (Å²) in [6, 6.07) is 0. The normalized spacial score (nSPS) is 13.5. The van der Waals surface area contributed by atoms with Gasteiger partial charge in [0.05, 0.1) is 11.1 Å². The highest BCUT2D eigenvalue weighted by molar-refractivity contribution is 7.08. The molecular weight excluding hydrogens is 258 g/mol. The Morgan fingerprint density at radius 2 is 2.18 bits per heavy atom. The first kappa shape index (κ1) is 14.4. The van der Waals surface area contributed by atoms with E-state index in [1.54, 1.807) is 0 Å². The molecule has 0 aromatic carbocycles. The number of hydrogen-bond donors (Lipinski definition) is 1. The van der Waals surface area contributed by atoms with Gasteiger partial charge in [-0.15, -0.1) is 16.7 Å². The van der Waals surface area contributed by atoms with Crippen LogP contribution in [-0.4, -0.2) is 27.4 Å². The second-order valence-corrected chi connectivity index (χ2v) is 6.29. The highest BCUT2D eigenvalue weighted by Crippen LogP contribution is 2.25. The van der Waals surface area contributed by atoms with Gasteiger partial charge in [0.1, 0.15) is 4.88 Å². The first-order valence-electron chi connectivity index (χ1n) is 5.61. The van der Waals surface area contributed by atoms with E-state index in [2.05, 4.69) is 14.9 Å². The molecule has 0 fully saturated rings. The topological polar surface area (TPSA) is 54.9 Å². The lowest BCUT2D eigenvalue weighted by Crippen LogP contribution is -2.30. The van der Waals surface area contributed by atoms with E-state index >= 15 is 0 Å². The van der Waals surface area contributed by atoms with Gasteiger partial charge in [0.2, 0.25) is 0 Å². The molecule has 1 N–H and O–H groups in total. The molecule has 17 heavy (non-hydrogen) atoms. The fourth-order valence-electron chi connectivity index (χ4n) is 1.26. The lowest BCUT2D eigenvalue weighted by atomic mass is 9.91. The lowest BCUT2D eigenvalue weighted by molar-refractivity contribution is 0.0955. The van der Waals surface area contributed by atoms with E-state index in [4.69, 9.17) is 11.6 Å².